The summed E-state index contributed by atoms with van der Waals surface area (Å²) in [6.07, 6.45) is 1.38. The van der Waals surface area contributed by atoms with Gasteiger partial charge in [-0.3, -0.25) is 9.69 Å². The molecule has 0 saturated carbocycles. The summed E-state index contributed by atoms with van der Waals surface area (Å²) in [6, 6.07) is 8.17. The van der Waals surface area contributed by atoms with Crippen molar-refractivity contribution in [2.24, 2.45) is 0 Å². The third-order valence-corrected chi connectivity index (χ3v) is 5.39. The highest BCUT2D eigenvalue weighted by Gasteiger charge is 2.27. The maximum atomic E-state index is 12.1. The maximum Gasteiger partial charge on any atom is 0.224 e. The molecule has 0 aliphatic carbocycles. The van der Waals surface area contributed by atoms with Gasteiger partial charge in [-0.15, -0.1) is 0 Å². The highest BCUT2D eigenvalue weighted by molar-refractivity contribution is 6.30. The number of halogens is 1. The van der Waals surface area contributed by atoms with E-state index in [2.05, 4.69) is 16.3 Å². The summed E-state index contributed by atoms with van der Waals surface area (Å²) >= 11 is 6.10. The van der Waals surface area contributed by atoms with E-state index in [1.807, 2.05) is 45.9 Å². The van der Waals surface area contributed by atoms with Crippen LogP contribution in [0.1, 0.15) is 54.5 Å². The molecule has 2 aromatic rings. The Balaban J connectivity index is 1.66. The minimum atomic E-state index is 0.0195. The molecular weight excluding hydrogens is 372 g/mol. The van der Waals surface area contributed by atoms with Gasteiger partial charge in [-0.1, -0.05) is 23.7 Å². The van der Waals surface area contributed by atoms with Crippen LogP contribution >= 0.6 is 11.6 Å². The van der Waals surface area contributed by atoms with Gasteiger partial charge in [0.1, 0.15) is 5.82 Å². The molecule has 0 bridgehead atoms. The normalized spacial score (nSPS) is 17.3. The number of rotatable bonds is 6. The van der Waals surface area contributed by atoms with Crippen molar-refractivity contribution < 1.29 is 4.79 Å². The zero-order chi connectivity index (χ0) is 20.3. The van der Waals surface area contributed by atoms with Crippen LogP contribution in [0, 0.1) is 13.8 Å². The van der Waals surface area contributed by atoms with E-state index in [-0.39, 0.29) is 11.9 Å². The highest BCUT2D eigenvalue weighted by Crippen LogP contribution is 2.27. The molecule has 1 amide bonds. The zero-order valence-electron chi connectivity index (χ0n) is 17.1. The fourth-order valence-corrected chi connectivity index (χ4v) is 4.03. The molecule has 28 heavy (non-hydrogen) atoms. The fraction of sp³-hybridized carbons (Fsp3) is 0.500. The van der Waals surface area contributed by atoms with E-state index in [4.69, 9.17) is 21.6 Å². The number of carbonyl (C=O) groups is 1. The number of hydrogen-bond donors (Lipinski definition) is 1. The largest absolute Gasteiger partial charge is 0.354 e. The van der Waals surface area contributed by atoms with Gasteiger partial charge in [0.15, 0.2) is 0 Å². The second-order valence-corrected chi connectivity index (χ2v) is 8.42. The Labute approximate surface area is 172 Å². The van der Waals surface area contributed by atoms with Gasteiger partial charge in [-0.2, -0.15) is 0 Å². The monoisotopic (exact) mass is 400 g/mol. The van der Waals surface area contributed by atoms with Crippen LogP contribution in [0.25, 0.3) is 0 Å². The second-order valence-electron chi connectivity index (χ2n) is 7.98. The van der Waals surface area contributed by atoms with Gasteiger partial charge in [0.2, 0.25) is 5.91 Å². The molecule has 1 saturated heterocycles. The average Bonchev–Trinajstić information content (AvgIpc) is 3.06. The van der Waals surface area contributed by atoms with Crippen LogP contribution < -0.4 is 5.32 Å². The third-order valence-electron chi connectivity index (χ3n) is 5.16. The molecule has 1 aromatic heterocycles. The van der Waals surface area contributed by atoms with E-state index in [1.165, 1.54) is 5.56 Å². The summed E-state index contributed by atoms with van der Waals surface area (Å²) in [5.41, 5.74) is 3.99. The first-order valence-corrected chi connectivity index (χ1v) is 10.3. The summed E-state index contributed by atoms with van der Waals surface area (Å²) in [5, 5.41) is 3.72. The highest BCUT2D eigenvalue weighted by atomic mass is 35.5. The van der Waals surface area contributed by atoms with Crippen molar-refractivity contribution in [1.29, 1.82) is 0 Å². The smallest absolute Gasteiger partial charge is 0.224 e. The SMILES string of the molecule is Cc1nc([C@H]2CCN(Cc3cccc(Cl)c3)C2)nc(C)c1CC(=O)NC(C)C. The Morgan fingerprint density at radius 1 is 1.29 bits per heavy atom. The van der Waals surface area contributed by atoms with Crippen LogP contribution in [0.5, 0.6) is 0 Å². The standard InChI is InChI=1S/C22H29ClN4O/c1-14(2)24-21(28)11-20-15(3)25-22(26-16(20)4)18-8-9-27(13-18)12-17-6-5-7-19(23)10-17/h5-7,10,14,18H,8-9,11-13H2,1-4H3,(H,24,28)/t18-/m0/s1. The van der Waals surface area contributed by atoms with E-state index in [9.17, 15) is 4.79 Å². The number of nitrogens with zero attached hydrogens (tertiary/aromatic N) is 3. The number of benzene rings is 1. The number of carbonyl (C=O) groups excluding carboxylic acids is 1. The predicted octanol–water partition coefficient (Wildman–Crippen LogP) is 3.80. The molecule has 6 heteroatoms. The summed E-state index contributed by atoms with van der Waals surface area (Å²) < 4.78 is 0. The molecule has 0 radical (unpaired) electrons. The van der Waals surface area contributed by atoms with Gasteiger partial charge in [0.25, 0.3) is 0 Å². The molecule has 1 N–H and O–H groups in total. The minimum Gasteiger partial charge on any atom is -0.354 e. The molecule has 1 aliphatic heterocycles. The Morgan fingerprint density at radius 2 is 2.00 bits per heavy atom. The Hall–Kier alpha value is -1.98. The van der Waals surface area contributed by atoms with Crippen LogP contribution in [0.4, 0.5) is 0 Å². The predicted molar refractivity (Wildman–Crippen MR) is 113 cm³/mol. The molecule has 0 spiro atoms. The van der Waals surface area contributed by atoms with Crippen LogP contribution in [0.3, 0.4) is 0 Å². The van der Waals surface area contributed by atoms with E-state index < -0.39 is 0 Å². The lowest BCUT2D eigenvalue weighted by Gasteiger charge is -2.17. The number of hydrogen-bond acceptors (Lipinski definition) is 4. The third kappa shape index (κ3) is 5.30. The van der Waals surface area contributed by atoms with Crippen molar-refractivity contribution in [2.75, 3.05) is 13.1 Å². The molecule has 150 valence electrons. The number of amides is 1. The van der Waals surface area contributed by atoms with E-state index in [0.29, 0.717) is 12.3 Å². The van der Waals surface area contributed by atoms with Crippen LogP contribution in [0.15, 0.2) is 24.3 Å². The maximum absolute atomic E-state index is 12.1. The van der Waals surface area contributed by atoms with Gasteiger partial charge in [-0.25, -0.2) is 9.97 Å². The van der Waals surface area contributed by atoms with E-state index in [0.717, 1.165) is 53.9 Å². The van der Waals surface area contributed by atoms with Crippen LogP contribution in [-0.2, 0) is 17.8 Å². The molecule has 1 aliphatic rings. The number of nitrogens with one attached hydrogen (secondary N) is 1. The van der Waals surface area contributed by atoms with Gasteiger partial charge in [0.05, 0.1) is 6.42 Å². The zero-order valence-corrected chi connectivity index (χ0v) is 17.9. The van der Waals surface area contributed by atoms with E-state index in [1.54, 1.807) is 0 Å². The second kappa shape index (κ2) is 9.01. The van der Waals surface area contributed by atoms with E-state index >= 15 is 0 Å². The first-order valence-electron chi connectivity index (χ1n) is 9.92. The molecule has 1 atom stereocenters. The van der Waals surface area contributed by atoms with Crippen molar-refractivity contribution in [3.05, 3.63) is 57.6 Å². The molecule has 3 rings (SSSR count). The summed E-state index contributed by atoms with van der Waals surface area (Å²) in [5.74, 6) is 1.25. The summed E-state index contributed by atoms with van der Waals surface area (Å²) in [4.78, 5) is 24.1. The molecule has 5 nitrogen and oxygen atoms in total. The minimum absolute atomic E-state index is 0.0195. The summed E-state index contributed by atoms with van der Waals surface area (Å²) in [6.45, 7) is 10.8. The first-order chi connectivity index (χ1) is 13.3. The van der Waals surface area contributed by atoms with Gasteiger partial charge < -0.3 is 5.32 Å². The average molecular weight is 401 g/mol. The summed E-state index contributed by atoms with van der Waals surface area (Å²) in [7, 11) is 0. The molecule has 1 fully saturated rings. The van der Waals surface area contributed by atoms with Crippen molar-refractivity contribution in [2.45, 2.75) is 59.0 Å². The lowest BCUT2D eigenvalue weighted by Crippen LogP contribution is -2.32. The Bertz CT molecular complexity index is 829. The van der Waals surface area contributed by atoms with Gasteiger partial charge in [-0.05, 0) is 58.4 Å². The molecule has 0 unspecified atom stereocenters. The van der Waals surface area contributed by atoms with Crippen molar-refractivity contribution in [3.63, 3.8) is 0 Å². The molecule has 2 heterocycles. The van der Waals surface area contributed by atoms with Crippen molar-refractivity contribution >= 4 is 17.5 Å². The topological polar surface area (TPSA) is 58.1 Å². The number of likely N-dealkylation sites (tertiary alicyclic amines) is 1. The molecular formula is C22H29ClN4O. The Kier molecular flexibility index (Phi) is 6.68. The molecule has 1 aromatic carbocycles. The number of aryl methyl sites for hydroxylation is 2. The lowest BCUT2D eigenvalue weighted by molar-refractivity contribution is -0.120. The Morgan fingerprint density at radius 3 is 2.64 bits per heavy atom. The van der Waals surface area contributed by atoms with Crippen molar-refractivity contribution in [1.82, 2.24) is 20.2 Å². The number of aromatic nitrogens is 2. The van der Waals surface area contributed by atoms with Crippen LogP contribution in [-0.4, -0.2) is 39.9 Å². The van der Waals surface area contributed by atoms with Gasteiger partial charge in [0, 0.05) is 47.0 Å². The van der Waals surface area contributed by atoms with Gasteiger partial charge >= 0.3 is 0 Å². The lowest BCUT2D eigenvalue weighted by atomic mass is 10.0. The quantitative estimate of drug-likeness (QED) is 0.801. The van der Waals surface area contributed by atoms with Crippen LogP contribution in [0.2, 0.25) is 5.02 Å². The van der Waals surface area contributed by atoms with Crippen molar-refractivity contribution in [3.8, 4) is 0 Å². The first kappa shape index (κ1) is 20.7. The fourth-order valence-electron chi connectivity index (χ4n) is 3.82.